The average Bonchev–Trinajstić information content (AvgIpc) is 2.46. The van der Waals surface area contributed by atoms with Crippen molar-refractivity contribution in [2.75, 3.05) is 18.0 Å². The summed E-state index contributed by atoms with van der Waals surface area (Å²) in [5, 5.41) is 9.90. The molecule has 1 N–H and O–H groups in total. The number of rotatable bonds is 2. The van der Waals surface area contributed by atoms with Crippen molar-refractivity contribution in [3.8, 4) is 0 Å². The van der Waals surface area contributed by atoms with Crippen LogP contribution in [0.1, 0.15) is 50.7 Å². The Kier molecular flexibility index (Phi) is 3.74. The van der Waals surface area contributed by atoms with Crippen LogP contribution in [-0.2, 0) is 0 Å². The lowest BCUT2D eigenvalue weighted by atomic mass is 9.75. The Morgan fingerprint density at radius 3 is 2.84 bits per heavy atom. The highest BCUT2D eigenvalue weighted by Gasteiger charge is 2.32. The Hall–Kier alpha value is -1.09. The third kappa shape index (κ3) is 2.62. The van der Waals surface area contributed by atoms with Gasteiger partial charge in [0.05, 0.1) is 6.10 Å². The molecule has 1 saturated heterocycles. The molecule has 0 aromatic carbocycles. The van der Waals surface area contributed by atoms with E-state index in [-0.39, 0.29) is 0 Å². The van der Waals surface area contributed by atoms with Crippen LogP contribution >= 0.6 is 0 Å². The SMILES string of the molecule is CC(O)c1cccnc1N1CCC2CCCCC2C1. The van der Waals surface area contributed by atoms with Crippen LogP contribution in [0, 0.1) is 11.8 Å². The van der Waals surface area contributed by atoms with Gasteiger partial charge in [-0.3, -0.25) is 0 Å². The molecule has 1 aromatic heterocycles. The lowest BCUT2D eigenvalue weighted by Gasteiger charge is -2.42. The minimum absolute atomic E-state index is 0.437. The number of hydrogen-bond donors (Lipinski definition) is 1. The van der Waals surface area contributed by atoms with Crippen molar-refractivity contribution in [2.45, 2.75) is 45.1 Å². The fourth-order valence-corrected chi connectivity index (χ4v) is 3.79. The van der Waals surface area contributed by atoms with Gasteiger partial charge in [0.1, 0.15) is 5.82 Å². The normalized spacial score (nSPS) is 28.8. The number of pyridine rings is 1. The highest BCUT2D eigenvalue weighted by atomic mass is 16.3. The Bertz CT molecular complexity index is 433. The van der Waals surface area contributed by atoms with Crippen molar-refractivity contribution in [3.05, 3.63) is 23.9 Å². The zero-order valence-corrected chi connectivity index (χ0v) is 11.8. The molecule has 3 heteroatoms. The standard InChI is InChI=1S/C16H24N2O/c1-12(19)15-7-4-9-17-16(15)18-10-8-13-5-2-3-6-14(13)11-18/h4,7,9,12-14,19H,2-3,5-6,8,10-11H2,1H3. The van der Waals surface area contributed by atoms with Crippen molar-refractivity contribution in [3.63, 3.8) is 0 Å². The van der Waals surface area contributed by atoms with Gasteiger partial charge in [-0.15, -0.1) is 0 Å². The summed E-state index contributed by atoms with van der Waals surface area (Å²) in [7, 11) is 0. The second-order valence-electron chi connectivity index (χ2n) is 6.13. The number of aromatic nitrogens is 1. The number of nitrogens with zero attached hydrogens (tertiary/aromatic N) is 2. The minimum atomic E-state index is -0.437. The van der Waals surface area contributed by atoms with E-state index in [9.17, 15) is 5.11 Å². The largest absolute Gasteiger partial charge is 0.389 e. The Morgan fingerprint density at radius 2 is 2.05 bits per heavy atom. The summed E-state index contributed by atoms with van der Waals surface area (Å²) in [6.07, 6.45) is 8.30. The van der Waals surface area contributed by atoms with E-state index in [2.05, 4.69) is 9.88 Å². The monoisotopic (exact) mass is 260 g/mol. The van der Waals surface area contributed by atoms with Gasteiger partial charge in [-0.25, -0.2) is 4.98 Å². The van der Waals surface area contributed by atoms with Gasteiger partial charge in [0, 0.05) is 24.8 Å². The third-order valence-electron chi connectivity index (χ3n) is 4.86. The van der Waals surface area contributed by atoms with E-state index in [1.54, 1.807) is 0 Å². The zero-order chi connectivity index (χ0) is 13.2. The van der Waals surface area contributed by atoms with Gasteiger partial charge in [-0.2, -0.15) is 0 Å². The van der Waals surface area contributed by atoms with Gasteiger partial charge in [-0.05, 0) is 37.7 Å². The number of aliphatic hydroxyl groups excluding tert-OH is 1. The van der Waals surface area contributed by atoms with Crippen LogP contribution in [0.5, 0.6) is 0 Å². The maximum Gasteiger partial charge on any atom is 0.134 e. The summed E-state index contributed by atoms with van der Waals surface area (Å²) in [5.74, 6) is 2.77. The molecule has 3 nitrogen and oxygen atoms in total. The lowest BCUT2D eigenvalue weighted by molar-refractivity contribution is 0.192. The van der Waals surface area contributed by atoms with Gasteiger partial charge >= 0.3 is 0 Å². The van der Waals surface area contributed by atoms with Gasteiger partial charge < -0.3 is 10.0 Å². The second-order valence-corrected chi connectivity index (χ2v) is 6.13. The average molecular weight is 260 g/mol. The molecule has 3 unspecified atom stereocenters. The van der Waals surface area contributed by atoms with Crippen molar-refractivity contribution in [1.29, 1.82) is 0 Å². The molecule has 1 aromatic rings. The maximum absolute atomic E-state index is 9.90. The quantitative estimate of drug-likeness (QED) is 0.887. The summed E-state index contributed by atoms with van der Waals surface area (Å²) >= 11 is 0. The van der Waals surface area contributed by atoms with E-state index in [0.29, 0.717) is 0 Å². The summed E-state index contributed by atoms with van der Waals surface area (Å²) in [4.78, 5) is 6.92. The van der Waals surface area contributed by atoms with Crippen LogP contribution in [0.3, 0.4) is 0 Å². The number of fused-ring (bicyclic) bond motifs is 1. The van der Waals surface area contributed by atoms with Crippen molar-refractivity contribution < 1.29 is 5.11 Å². The van der Waals surface area contributed by atoms with E-state index < -0.39 is 6.10 Å². The first-order valence-corrected chi connectivity index (χ1v) is 7.63. The van der Waals surface area contributed by atoms with Crippen LogP contribution in [-0.4, -0.2) is 23.2 Å². The van der Waals surface area contributed by atoms with Crippen LogP contribution in [0.2, 0.25) is 0 Å². The Balaban J connectivity index is 1.79. The van der Waals surface area contributed by atoms with Crippen molar-refractivity contribution >= 4 is 5.82 Å². The van der Waals surface area contributed by atoms with Gasteiger partial charge in [0.25, 0.3) is 0 Å². The highest BCUT2D eigenvalue weighted by Crippen LogP contribution is 2.38. The number of aliphatic hydroxyl groups is 1. The predicted octanol–water partition coefficient (Wildman–Crippen LogP) is 3.15. The van der Waals surface area contributed by atoms with Crippen LogP contribution in [0.4, 0.5) is 5.82 Å². The Morgan fingerprint density at radius 1 is 1.26 bits per heavy atom. The molecular formula is C16H24N2O. The fourth-order valence-electron chi connectivity index (χ4n) is 3.79. The molecule has 2 aliphatic rings. The molecule has 3 rings (SSSR count). The van der Waals surface area contributed by atoms with Gasteiger partial charge in [0.2, 0.25) is 0 Å². The zero-order valence-electron chi connectivity index (χ0n) is 11.8. The summed E-state index contributed by atoms with van der Waals surface area (Å²) < 4.78 is 0. The fraction of sp³-hybridized carbons (Fsp3) is 0.688. The maximum atomic E-state index is 9.90. The number of anilines is 1. The van der Waals surface area contributed by atoms with E-state index in [0.717, 1.165) is 36.3 Å². The lowest BCUT2D eigenvalue weighted by Crippen LogP contribution is -2.42. The molecule has 0 amide bonds. The first kappa shape index (κ1) is 12.9. The van der Waals surface area contributed by atoms with Crippen LogP contribution in [0.25, 0.3) is 0 Å². The first-order chi connectivity index (χ1) is 9.25. The van der Waals surface area contributed by atoms with E-state index in [4.69, 9.17) is 0 Å². The van der Waals surface area contributed by atoms with E-state index in [1.165, 1.54) is 32.1 Å². The van der Waals surface area contributed by atoms with Crippen molar-refractivity contribution in [1.82, 2.24) is 4.98 Å². The third-order valence-corrected chi connectivity index (χ3v) is 4.86. The molecule has 104 valence electrons. The second kappa shape index (κ2) is 5.49. The molecule has 2 fully saturated rings. The van der Waals surface area contributed by atoms with E-state index >= 15 is 0 Å². The minimum Gasteiger partial charge on any atom is -0.389 e. The molecule has 2 heterocycles. The summed E-state index contributed by atoms with van der Waals surface area (Å²) in [5.41, 5.74) is 0.969. The van der Waals surface area contributed by atoms with E-state index in [1.807, 2.05) is 25.3 Å². The summed E-state index contributed by atoms with van der Waals surface area (Å²) in [6.45, 7) is 4.05. The smallest absolute Gasteiger partial charge is 0.134 e. The Labute approximate surface area is 115 Å². The van der Waals surface area contributed by atoms with Crippen LogP contribution < -0.4 is 4.90 Å². The molecule has 0 radical (unpaired) electrons. The van der Waals surface area contributed by atoms with Gasteiger partial charge in [0.15, 0.2) is 0 Å². The molecular weight excluding hydrogens is 236 g/mol. The molecule has 1 aliphatic carbocycles. The molecule has 0 bridgehead atoms. The molecule has 1 aliphatic heterocycles. The molecule has 3 atom stereocenters. The van der Waals surface area contributed by atoms with Gasteiger partial charge in [-0.1, -0.05) is 25.3 Å². The molecule has 19 heavy (non-hydrogen) atoms. The van der Waals surface area contributed by atoms with Crippen LogP contribution in [0.15, 0.2) is 18.3 Å². The van der Waals surface area contributed by atoms with Crippen molar-refractivity contribution in [2.24, 2.45) is 11.8 Å². The predicted molar refractivity (Wildman–Crippen MR) is 77.1 cm³/mol. The number of piperidine rings is 1. The molecule has 1 saturated carbocycles. The summed E-state index contributed by atoms with van der Waals surface area (Å²) in [6, 6.07) is 3.92. The first-order valence-electron chi connectivity index (χ1n) is 7.63. The topological polar surface area (TPSA) is 36.4 Å². The highest BCUT2D eigenvalue weighted by molar-refractivity contribution is 5.48. The number of hydrogen-bond acceptors (Lipinski definition) is 3. The molecule has 0 spiro atoms.